The molecule has 4 nitrogen and oxygen atoms in total. The highest BCUT2D eigenvalue weighted by Crippen LogP contribution is 2.43. The summed E-state index contributed by atoms with van der Waals surface area (Å²) in [4.78, 5) is 15.4. The second-order valence-corrected chi connectivity index (χ2v) is 16.0. The van der Waals surface area contributed by atoms with Crippen LogP contribution in [0.5, 0.6) is 0 Å². The third-order valence-corrected chi connectivity index (χ3v) is 12.2. The van der Waals surface area contributed by atoms with Gasteiger partial charge in [0.2, 0.25) is 0 Å². The maximum absolute atomic E-state index is 5.30. The van der Waals surface area contributed by atoms with Gasteiger partial charge < -0.3 is 4.57 Å². The van der Waals surface area contributed by atoms with E-state index in [4.69, 9.17) is 15.0 Å². The molecule has 0 spiro atoms. The van der Waals surface area contributed by atoms with Crippen LogP contribution in [0, 0.1) is 0 Å². The van der Waals surface area contributed by atoms with E-state index in [0.717, 1.165) is 89.0 Å². The molecule has 12 rings (SSSR count). The van der Waals surface area contributed by atoms with Gasteiger partial charge in [0, 0.05) is 49.5 Å². The molecule has 0 bridgehead atoms. The van der Waals surface area contributed by atoms with Gasteiger partial charge >= 0.3 is 0 Å². The fraction of sp³-hybridized carbons (Fsp3) is 0. The molecule has 4 heteroatoms. The summed E-state index contributed by atoms with van der Waals surface area (Å²) < 4.78 is 2.42. The smallest absolute Gasteiger partial charge is 0.160 e. The topological polar surface area (TPSA) is 43.6 Å². The van der Waals surface area contributed by atoms with Crippen LogP contribution in [-0.4, -0.2) is 19.5 Å². The number of pyridine rings is 1. The van der Waals surface area contributed by atoms with Gasteiger partial charge in [-0.15, -0.1) is 0 Å². The highest BCUT2D eigenvalue weighted by atomic mass is 15.0. The standard InChI is InChI=1S/C59H38N4/c1-5-17-40(18-6-1)53-38-54(62-59(61-53)43-21-9-3-10-22-43)41-33-31-39(32-34-41)44-23-15-24-45(35-44)47-28-16-30-55-57(47)51-36-50-49(37-56(51)63(55)46-25-11-4-12-26-46)48-27-13-14-29-52(48)60-58(50)42-19-7-2-8-20-42/h1-38H. The Morgan fingerprint density at radius 3 is 1.60 bits per heavy atom. The summed E-state index contributed by atoms with van der Waals surface area (Å²) in [5.41, 5.74) is 16.0. The van der Waals surface area contributed by atoms with Crippen molar-refractivity contribution in [3.63, 3.8) is 0 Å². The summed E-state index contributed by atoms with van der Waals surface area (Å²) in [5.74, 6) is 0.709. The molecule has 3 aromatic heterocycles. The largest absolute Gasteiger partial charge is 0.309 e. The van der Waals surface area contributed by atoms with Gasteiger partial charge in [-0.25, -0.2) is 15.0 Å². The molecule has 9 aromatic carbocycles. The Balaban J connectivity index is 1.01. The minimum atomic E-state index is 0.709. The molecule has 294 valence electrons. The van der Waals surface area contributed by atoms with Crippen molar-refractivity contribution in [1.82, 2.24) is 19.5 Å². The van der Waals surface area contributed by atoms with Crippen molar-refractivity contribution in [1.29, 1.82) is 0 Å². The lowest BCUT2D eigenvalue weighted by molar-refractivity contribution is 1.18. The molecule has 0 saturated heterocycles. The molecule has 0 aliphatic heterocycles. The zero-order valence-electron chi connectivity index (χ0n) is 34.2. The lowest BCUT2D eigenvalue weighted by Crippen LogP contribution is -1.95. The molecule has 0 aliphatic carbocycles. The van der Waals surface area contributed by atoms with Crippen molar-refractivity contribution in [3.8, 4) is 73.1 Å². The number of hydrogen-bond donors (Lipinski definition) is 0. The first-order chi connectivity index (χ1) is 31.2. The molecular weight excluding hydrogens is 765 g/mol. The highest BCUT2D eigenvalue weighted by molar-refractivity contribution is 6.22. The van der Waals surface area contributed by atoms with Crippen molar-refractivity contribution < 1.29 is 0 Å². The predicted octanol–water partition coefficient (Wildman–Crippen LogP) is 15.3. The fourth-order valence-corrected chi connectivity index (χ4v) is 9.19. The molecule has 0 unspecified atom stereocenters. The number of rotatable bonds is 7. The summed E-state index contributed by atoms with van der Waals surface area (Å²) >= 11 is 0. The van der Waals surface area contributed by atoms with E-state index in [1.165, 1.54) is 21.7 Å². The van der Waals surface area contributed by atoms with Gasteiger partial charge in [0.15, 0.2) is 5.82 Å². The van der Waals surface area contributed by atoms with Crippen molar-refractivity contribution in [2.45, 2.75) is 0 Å². The van der Waals surface area contributed by atoms with Crippen LogP contribution in [0.3, 0.4) is 0 Å². The van der Waals surface area contributed by atoms with E-state index in [0.29, 0.717) is 5.82 Å². The van der Waals surface area contributed by atoms with Gasteiger partial charge in [-0.3, -0.25) is 0 Å². The molecule has 0 N–H and O–H groups in total. The third kappa shape index (κ3) is 6.44. The molecule has 0 fully saturated rings. The maximum atomic E-state index is 5.30. The van der Waals surface area contributed by atoms with Crippen LogP contribution in [0.15, 0.2) is 231 Å². The van der Waals surface area contributed by atoms with Crippen molar-refractivity contribution >= 4 is 43.5 Å². The summed E-state index contributed by atoms with van der Waals surface area (Å²) in [6, 6.07) is 81.6. The van der Waals surface area contributed by atoms with E-state index in [1.807, 2.05) is 36.4 Å². The Kier molecular flexibility index (Phi) is 8.79. The summed E-state index contributed by atoms with van der Waals surface area (Å²) in [5, 5.41) is 5.87. The Morgan fingerprint density at radius 2 is 0.873 bits per heavy atom. The summed E-state index contributed by atoms with van der Waals surface area (Å²) in [7, 11) is 0. The van der Waals surface area contributed by atoms with Crippen LogP contribution in [-0.2, 0) is 0 Å². The van der Waals surface area contributed by atoms with E-state index >= 15 is 0 Å². The fourth-order valence-electron chi connectivity index (χ4n) is 9.19. The maximum Gasteiger partial charge on any atom is 0.160 e. The number of hydrogen-bond acceptors (Lipinski definition) is 3. The summed E-state index contributed by atoms with van der Waals surface area (Å²) in [6.45, 7) is 0. The van der Waals surface area contributed by atoms with Crippen molar-refractivity contribution in [2.75, 3.05) is 0 Å². The van der Waals surface area contributed by atoms with E-state index in [2.05, 4.69) is 199 Å². The van der Waals surface area contributed by atoms with E-state index < -0.39 is 0 Å². The van der Waals surface area contributed by atoms with Gasteiger partial charge in [0.05, 0.1) is 33.6 Å². The van der Waals surface area contributed by atoms with Gasteiger partial charge in [-0.05, 0) is 76.2 Å². The van der Waals surface area contributed by atoms with Gasteiger partial charge in [-0.1, -0.05) is 182 Å². The highest BCUT2D eigenvalue weighted by Gasteiger charge is 2.20. The lowest BCUT2D eigenvalue weighted by Gasteiger charge is -2.12. The van der Waals surface area contributed by atoms with Gasteiger partial charge in [0.25, 0.3) is 0 Å². The van der Waals surface area contributed by atoms with Crippen LogP contribution < -0.4 is 0 Å². The third-order valence-electron chi connectivity index (χ3n) is 12.2. The van der Waals surface area contributed by atoms with Crippen LogP contribution in [0.1, 0.15) is 0 Å². The average Bonchev–Trinajstić information content (AvgIpc) is 3.70. The zero-order chi connectivity index (χ0) is 41.7. The van der Waals surface area contributed by atoms with Crippen LogP contribution >= 0.6 is 0 Å². The van der Waals surface area contributed by atoms with Gasteiger partial charge in [0.1, 0.15) is 0 Å². The zero-order valence-corrected chi connectivity index (χ0v) is 34.2. The minimum Gasteiger partial charge on any atom is -0.309 e. The minimum absolute atomic E-state index is 0.709. The van der Waals surface area contributed by atoms with E-state index in [9.17, 15) is 0 Å². The first-order valence-electron chi connectivity index (χ1n) is 21.4. The normalized spacial score (nSPS) is 11.5. The number of nitrogens with zero attached hydrogens (tertiary/aromatic N) is 4. The number of para-hydroxylation sites is 2. The Morgan fingerprint density at radius 1 is 0.302 bits per heavy atom. The van der Waals surface area contributed by atoms with E-state index in [-0.39, 0.29) is 0 Å². The second-order valence-electron chi connectivity index (χ2n) is 16.0. The number of fused-ring (bicyclic) bond motifs is 6. The van der Waals surface area contributed by atoms with Crippen LogP contribution in [0.25, 0.3) is 117 Å². The number of aromatic nitrogens is 4. The Labute approximate surface area is 365 Å². The predicted molar refractivity (Wildman–Crippen MR) is 262 cm³/mol. The molecule has 0 radical (unpaired) electrons. The molecule has 0 amide bonds. The molecule has 0 aliphatic rings. The van der Waals surface area contributed by atoms with Crippen LogP contribution in [0.4, 0.5) is 0 Å². The first kappa shape index (κ1) is 36.4. The van der Waals surface area contributed by atoms with Crippen molar-refractivity contribution in [3.05, 3.63) is 231 Å². The molecule has 0 saturated carbocycles. The van der Waals surface area contributed by atoms with Crippen molar-refractivity contribution in [2.24, 2.45) is 0 Å². The number of benzene rings is 9. The Bertz CT molecular complexity index is 3580. The second kappa shape index (κ2) is 15.2. The lowest BCUT2D eigenvalue weighted by atomic mass is 9.94. The molecule has 63 heavy (non-hydrogen) atoms. The average molecular weight is 803 g/mol. The quantitative estimate of drug-likeness (QED) is 0.151. The SMILES string of the molecule is c1ccc(-c2cc(-c3ccc(-c4cccc(-c5cccc6c5c5cc7c(-c8ccccc8)nc8ccccc8c7cc5n6-c5ccccc5)c4)cc3)nc(-c3ccccc3)n2)cc1. The van der Waals surface area contributed by atoms with E-state index in [1.54, 1.807) is 0 Å². The first-order valence-corrected chi connectivity index (χ1v) is 21.4. The van der Waals surface area contributed by atoms with Crippen LogP contribution in [0.2, 0.25) is 0 Å². The summed E-state index contributed by atoms with van der Waals surface area (Å²) in [6.07, 6.45) is 0. The Hall–Kier alpha value is -8.47. The molecule has 0 atom stereocenters. The molecular formula is C59H38N4. The molecule has 3 heterocycles. The van der Waals surface area contributed by atoms with Gasteiger partial charge in [-0.2, -0.15) is 0 Å². The molecule has 12 aromatic rings. The monoisotopic (exact) mass is 802 g/mol.